The van der Waals surface area contributed by atoms with E-state index in [-0.39, 0.29) is 5.69 Å². The van der Waals surface area contributed by atoms with Crippen molar-refractivity contribution in [3.63, 3.8) is 0 Å². The summed E-state index contributed by atoms with van der Waals surface area (Å²) >= 11 is 1.43. The van der Waals surface area contributed by atoms with Crippen LogP contribution in [-0.2, 0) is 0 Å². The smallest absolute Gasteiger partial charge is 0.271 e. The first-order valence-electron chi connectivity index (χ1n) is 5.90. The molecule has 1 amide bonds. The number of rotatable bonds is 3. The van der Waals surface area contributed by atoms with Gasteiger partial charge in [0.05, 0.1) is 11.4 Å². The number of hydrogen-bond acceptors (Lipinski definition) is 5. The second-order valence-corrected chi connectivity index (χ2v) is 5.02. The Labute approximate surface area is 118 Å². The number of carbonyl (C=O) groups excluding carboxylic acids is 1. The van der Waals surface area contributed by atoms with Gasteiger partial charge in [0.1, 0.15) is 0 Å². The van der Waals surface area contributed by atoms with Crippen molar-refractivity contribution in [2.24, 2.45) is 5.73 Å². The standard InChI is InChI=1S/C13H11N5OS/c1-8-11(12(14)19)16-17-18(8)13-15-10(7-20-13)9-5-3-2-4-6-9/h2-7H,1H3,(H2,14,19). The number of nitrogens with two attached hydrogens (primary N) is 1. The van der Waals surface area contributed by atoms with Gasteiger partial charge in [-0.25, -0.2) is 4.98 Å². The fraction of sp³-hybridized carbons (Fsp3) is 0.0769. The summed E-state index contributed by atoms with van der Waals surface area (Å²) in [6.45, 7) is 1.74. The quantitative estimate of drug-likeness (QED) is 0.795. The Morgan fingerprint density at radius 2 is 2.05 bits per heavy atom. The first-order chi connectivity index (χ1) is 9.66. The molecule has 0 saturated carbocycles. The van der Waals surface area contributed by atoms with E-state index < -0.39 is 5.91 Å². The molecule has 0 aliphatic carbocycles. The maximum absolute atomic E-state index is 11.2. The van der Waals surface area contributed by atoms with Gasteiger partial charge in [-0.15, -0.1) is 16.4 Å². The average Bonchev–Trinajstić information content (AvgIpc) is 3.06. The lowest BCUT2D eigenvalue weighted by atomic mass is 10.2. The van der Waals surface area contributed by atoms with E-state index in [2.05, 4.69) is 15.3 Å². The molecule has 6 nitrogen and oxygen atoms in total. The number of hydrogen-bond donors (Lipinski definition) is 1. The SMILES string of the molecule is Cc1c(C(N)=O)nnn1-c1nc(-c2ccccc2)cs1. The highest BCUT2D eigenvalue weighted by atomic mass is 32.1. The van der Waals surface area contributed by atoms with E-state index in [4.69, 9.17) is 5.73 Å². The van der Waals surface area contributed by atoms with Crippen molar-refractivity contribution in [3.05, 3.63) is 47.1 Å². The van der Waals surface area contributed by atoms with E-state index >= 15 is 0 Å². The second-order valence-electron chi connectivity index (χ2n) is 4.18. The first-order valence-corrected chi connectivity index (χ1v) is 6.78. The molecule has 0 bridgehead atoms. The first kappa shape index (κ1) is 12.5. The van der Waals surface area contributed by atoms with Gasteiger partial charge in [-0.3, -0.25) is 4.79 Å². The van der Waals surface area contributed by atoms with Crippen LogP contribution in [0.1, 0.15) is 16.2 Å². The molecule has 0 atom stereocenters. The third kappa shape index (κ3) is 2.08. The summed E-state index contributed by atoms with van der Waals surface area (Å²) in [5.41, 5.74) is 7.88. The van der Waals surface area contributed by atoms with Gasteiger partial charge >= 0.3 is 0 Å². The Morgan fingerprint density at radius 3 is 2.70 bits per heavy atom. The van der Waals surface area contributed by atoms with Crippen LogP contribution in [0, 0.1) is 6.92 Å². The number of carbonyl (C=O) groups is 1. The van der Waals surface area contributed by atoms with Crippen molar-refractivity contribution in [2.75, 3.05) is 0 Å². The van der Waals surface area contributed by atoms with Crippen molar-refractivity contribution in [1.29, 1.82) is 0 Å². The predicted molar refractivity (Wildman–Crippen MR) is 75.7 cm³/mol. The molecular weight excluding hydrogens is 274 g/mol. The van der Waals surface area contributed by atoms with Gasteiger partial charge in [0.2, 0.25) is 5.13 Å². The predicted octanol–water partition coefficient (Wildman–Crippen LogP) is 1.80. The topological polar surface area (TPSA) is 86.7 Å². The summed E-state index contributed by atoms with van der Waals surface area (Å²) in [4.78, 5) is 15.7. The normalized spacial score (nSPS) is 10.7. The lowest BCUT2D eigenvalue weighted by Gasteiger charge is -1.97. The molecule has 0 spiro atoms. The molecule has 0 aliphatic rings. The fourth-order valence-electron chi connectivity index (χ4n) is 1.84. The molecule has 7 heteroatoms. The Balaban J connectivity index is 2.01. The van der Waals surface area contributed by atoms with Crippen molar-refractivity contribution < 1.29 is 4.79 Å². The highest BCUT2D eigenvalue weighted by Gasteiger charge is 2.16. The lowest BCUT2D eigenvalue weighted by molar-refractivity contribution is 0.0995. The van der Waals surface area contributed by atoms with E-state index in [0.717, 1.165) is 11.3 Å². The van der Waals surface area contributed by atoms with Crippen LogP contribution in [0.5, 0.6) is 0 Å². The van der Waals surface area contributed by atoms with E-state index in [1.807, 2.05) is 35.7 Å². The number of benzene rings is 1. The van der Waals surface area contributed by atoms with Crippen LogP contribution >= 0.6 is 11.3 Å². The van der Waals surface area contributed by atoms with E-state index in [1.165, 1.54) is 16.0 Å². The largest absolute Gasteiger partial charge is 0.364 e. The summed E-state index contributed by atoms with van der Waals surface area (Å²) in [5, 5.41) is 10.3. The average molecular weight is 285 g/mol. The van der Waals surface area contributed by atoms with Crippen LogP contribution < -0.4 is 5.73 Å². The van der Waals surface area contributed by atoms with E-state index in [1.54, 1.807) is 6.92 Å². The van der Waals surface area contributed by atoms with E-state index in [0.29, 0.717) is 10.8 Å². The summed E-state index contributed by atoms with van der Waals surface area (Å²) in [7, 11) is 0. The van der Waals surface area contributed by atoms with Gasteiger partial charge in [-0.05, 0) is 6.92 Å². The molecule has 0 radical (unpaired) electrons. The lowest BCUT2D eigenvalue weighted by Crippen LogP contribution is -2.13. The molecule has 3 aromatic rings. The molecule has 0 fully saturated rings. The van der Waals surface area contributed by atoms with Crippen LogP contribution in [0.2, 0.25) is 0 Å². The zero-order chi connectivity index (χ0) is 14.1. The van der Waals surface area contributed by atoms with Gasteiger partial charge in [0.15, 0.2) is 5.69 Å². The van der Waals surface area contributed by atoms with Gasteiger partial charge in [0, 0.05) is 10.9 Å². The van der Waals surface area contributed by atoms with Crippen molar-refractivity contribution in [3.8, 4) is 16.4 Å². The molecule has 2 heterocycles. The molecule has 0 unspecified atom stereocenters. The zero-order valence-electron chi connectivity index (χ0n) is 10.6. The number of primary amides is 1. The van der Waals surface area contributed by atoms with Crippen LogP contribution in [0.4, 0.5) is 0 Å². The molecule has 0 saturated heterocycles. The van der Waals surface area contributed by atoms with Gasteiger partial charge in [-0.2, -0.15) is 4.68 Å². The Morgan fingerprint density at radius 1 is 1.30 bits per heavy atom. The maximum atomic E-state index is 11.2. The summed E-state index contributed by atoms with van der Waals surface area (Å²) in [6.07, 6.45) is 0. The molecule has 2 aromatic heterocycles. The third-order valence-corrected chi connectivity index (χ3v) is 3.69. The van der Waals surface area contributed by atoms with Crippen LogP contribution in [0.15, 0.2) is 35.7 Å². The molecule has 3 rings (SSSR count). The minimum Gasteiger partial charge on any atom is -0.364 e. The maximum Gasteiger partial charge on any atom is 0.271 e. The summed E-state index contributed by atoms with van der Waals surface area (Å²) in [5.74, 6) is -0.589. The molecule has 0 aliphatic heterocycles. The van der Waals surface area contributed by atoms with Crippen LogP contribution in [0.25, 0.3) is 16.4 Å². The van der Waals surface area contributed by atoms with Crippen molar-refractivity contribution >= 4 is 17.2 Å². The highest BCUT2D eigenvalue weighted by molar-refractivity contribution is 7.12. The monoisotopic (exact) mass is 285 g/mol. The summed E-state index contributed by atoms with van der Waals surface area (Å²) < 4.78 is 1.52. The number of amides is 1. The molecule has 1 aromatic carbocycles. The van der Waals surface area contributed by atoms with Gasteiger partial charge in [0.25, 0.3) is 5.91 Å². The number of aromatic nitrogens is 4. The van der Waals surface area contributed by atoms with Crippen LogP contribution in [-0.4, -0.2) is 25.9 Å². The van der Waals surface area contributed by atoms with Gasteiger partial charge in [-0.1, -0.05) is 35.5 Å². The second kappa shape index (κ2) is 4.86. The van der Waals surface area contributed by atoms with E-state index in [9.17, 15) is 4.79 Å². The number of nitrogens with zero attached hydrogens (tertiary/aromatic N) is 4. The minimum absolute atomic E-state index is 0.168. The Kier molecular flexibility index (Phi) is 3.03. The third-order valence-electron chi connectivity index (χ3n) is 2.87. The Hall–Kier alpha value is -2.54. The highest BCUT2D eigenvalue weighted by Crippen LogP contribution is 2.24. The van der Waals surface area contributed by atoms with Crippen LogP contribution in [0.3, 0.4) is 0 Å². The molecule has 2 N–H and O–H groups in total. The fourth-order valence-corrected chi connectivity index (χ4v) is 2.67. The Bertz CT molecular complexity index is 762. The van der Waals surface area contributed by atoms with Crippen molar-refractivity contribution in [2.45, 2.75) is 6.92 Å². The molecular formula is C13H11N5OS. The van der Waals surface area contributed by atoms with Crippen molar-refractivity contribution in [1.82, 2.24) is 20.0 Å². The van der Waals surface area contributed by atoms with Gasteiger partial charge < -0.3 is 5.73 Å². The zero-order valence-corrected chi connectivity index (χ0v) is 11.5. The summed E-state index contributed by atoms with van der Waals surface area (Å²) in [6, 6.07) is 9.85. The number of thiazole rings is 1. The minimum atomic E-state index is -0.589. The molecule has 20 heavy (non-hydrogen) atoms. The molecule has 100 valence electrons.